The second-order valence-electron chi connectivity index (χ2n) is 3.46. The third-order valence-electron chi connectivity index (χ3n) is 2.57. The first kappa shape index (κ1) is 10.5. The van der Waals surface area contributed by atoms with Crippen molar-refractivity contribution in [2.75, 3.05) is 18.9 Å². The van der Waals surface area contributed by atoms with Gasteiger partial charge in [0.1, 0.15) is 0 Å². The zero-order valence-corrected chi connectivity index (χ0v) is 9.20. The lowest BCUT2D eigenvalue weighted by Gasteiger charge is -2.27. The van der Waals surface area contributed by atoms with E-state index in [0.717, 1.165) is 17.9 Å². The molecule has 1 aliphatic heterocycles. The van der Waals surface area contributed by atoms with Gasteiger partial charge in [0, 0.05) is 12.3 Å². The Hall–Kier alpha value is -1.00. The highest BCUT2D eigenvalue weighted by atomic mass is 32.2. The predicted octanol–water partition coefficient (Wildman–Crippen LogP) is 1.70. The van der Waals surface area contributed by atoms with Crippen LogP contribution in [0.1, 0.15) is 11.6 Å². The molecular formula is C11H14N2OS. The molecule has 0 bridgehead atoms. The molecule has 1 fully saturated rings. The van der Waals surface area contributed by atoms with E-state index in [9.17, 15) is 5.11 Å². The molecule has 4 heteroatoms. The minimum absolute atomic E-state index is 0.0614. The zero-order valence-electron chi connectivity index (χ0n) is 8.39. The first-order valence-electron chi connectivity index (χ1n) is 4.96. The van der Waals surface area contributed by atoms with Gasteiger partial charge in [-0.25, -0.2) is 0 Å². The molecule has 0 spiro atoms. The Bertz CT molecular complexity index is 342. The van der Waals surface area contributed by atoms with Crippen LogP contribution in [0.3, 0.4) is 0 Å². The first-order valence-corrected chi connectivity index (χ1v) is 5.95. The minimum Gasteiger partial charge on any atom is -0.394 e. The quantitative estimate of drug-likeness (QED) is 0.818. The Morgan fingerprint density at radius 3 is 2.67 bits per heavy atom. The number of nitrogens with one attached hydrogen (secondary N) is 1. The summed E-state index contributed by atoms with van der Waals surface area (Å²) in [6.07, 6.45) is 0. The summed E-state index contributed by atoms with van der Waals surface area (Å²) in [4.78, 5) is 1.96. The molecule has 1 heterocycles. The molecule has 0 aromatic heterocycles. The first-order chi connectivity index (χ1) is 7.33. The van der Waals surface area contributed by atoms with Crippen LogP contribution in [0.25, 0.3) is 0 Å². The van der Waals surface area contributed by atoms with E-state index in [2.05, 4.69) is 0 Å². The summed E-state index contributed by atoms with van der Waals surface area (Å²) in [5, 5.41) is 17.7. The second kappa shape index (κ2) is 4.68. The van der Waals surface area contributed by atoms with E-state index >= 15 is 0 Å². The van der Waals surface area contributed by atoms with Crippen molar-refractivity contribution in [1.82, 2.24) is 4.90 Å². The fourth-order valence-corrected chi connectivity index (χ4v) is 2.65. The number of thioether (sulfide) groups is 1. The minimum atomic E-state index is -0.0614. The molecule has 0 amide bonds. The van der Waals surface area contributed by atoms with Gasteiger partial charge < -0.3 is 10.0 Å². The number of rotatable bonds is 3. The molecule has 1 saturated heterocycles. The molecule has 1 atom stereocenters. The van der Waals surface area contributed by atoms with Crippen molar-refractivity contribution in [3.8, 4) is 0 Å². The van der Waals surface area contributed by atoms with Gasteiger partial charge in [0.25, 0.3) is 0 Å². The van der Waals surface area contributed by atoms with Gasteiger partial charge in [0.15, 0.2) is 5.17 Å². The van der Waals surface area contributed by atoms with Crippen LogP contribution < -0.4 is 0 Å². The Morgan fingerprint density at radius 1 is 1.40 bits per heavy atom. The highest BCUT2D eigenvalue weighted by Crippen LogP contribution is 2.27. The Morgan fingerprint density at radius 2 is 2.13 bits per heavy atom. The molecule has 3 nitrogen and oxygen atoms in total. The van der Waals surface area contributed by atoms with Crippen molar-refractivity contribution in [3.63, 3.8) is 0 Å². The molecule has 2 N–H and O–H groups in total. The summed E-state index contributed by atoms with van der Waals surface area (Å²) >= 11 is 1.54. The highest BCUT2D eigenvalue weighted by molar-refractivity contribution is 8.14. The van der Waals surface area contributed by atoms with Gasteiger partial charge >= 0.3 is 0 Å². The van der Waals surface area contributed by atoms with Crippen LogP contribution >= 0.6 is 11.8 Å². The molecule has 0 saturated carbocycles. The smallest absolute Gasteiger partial charge is 0.157 e. The molecule has 0 aliphatic carbocycles. The van der Waals surface area contributed by atoms with E-state index in [0.29, 0.717) is 5.17 Å². The maximum Gasteiger partial charge on any atom is 0.157 e. The maximum absolute atomic E-state index is 9.41. The van der Waals surface area contributed by atoms with E-state index in [1.165, 1.54) is 0 Å². The second-order valence-corrected chi connectivity index (χ2v) is 4.54. The molecule has 1 unspecified atom stereocenters. The average Bonchev–Trinajstić information content (AvgIpc) is 2.68. The van der Waals surface area contributed by atoms with E-state index in [4.69, 9.17) is 5.41 Å². The number of nitrogens with zero attached hydrogens (tertiary/aromatic N) is 1. The Balaban J connectivity index is 2.20. The Labute approximate surface area is 93.6 Å². The summed E-state index contributed by atoms with van der Waals surface area (Å²) in [5.41, 5.74) is 1.08. The maximum atomic E-state index is 9.41. The topological polar surface area (TPSA) is 47.3 Å². The lowest BCUT2D eigenvalue weighted by molar-refractivity contribution is 0.189. The van der Waals surface area contributed by atoms with E-state index in [-0.39, 0.29) is 12.6 Å². The van der Waals surface area contributed by atoms with Crippen molar-refractivity contribution >= 4 is 16.9 Å². The fourth-order valence-electron chi connectivity index (χ4n) is 1.78. The average molecular weight is 222 g/mol. The lowest BCUT2D eigenvalue weighted by atomic mass is 10.1. The lowest BCUT2D eigenvalue weighted by Crippen LogP contribution is -2.31. The van der Waals surface area contributed by atoms with Gasteiger partial charge in [-0.3, -0.25) is 5.41 Å². The van der Waals surface area contributed by atoms with Crippen LogP contribution in [0.15, 0.2) is 30.3 Å². The van der Waals surface area contributed by atoms with Crippen LogP contribution in [-0.4, -0.2) is 34.1 Å². The monoisotopic (exact) mass is 222 g/mol. The molecular weight excluding hydrogens is 208 g/mol. The van der Waals surface area contributed by atoms with E-state index < -0.39 is 0 Å². The molecule has 0 radical (unpaired) electrons. The third kappa shape index (κ3) is 2.16. The van der Waals surface area contributed by atoms with Gasteiger partial charge in [-0.1, -0.05) is 42.1 Å². The summed E-state index contributed by atoms with van der Waals surface area (Å²) in [5.74, 6) is 0.947. The van der Waals surface area contributed by atoms with Crippen molar-refractivity contribution < 1.29 is 5.11 Å². The van der Waals surface area contributed by atoms with Crippen LogP contribution in [0.4, 0.5) is 0 Å². The largest absolute Gasteiger partial charge is 0.394 e. The van der Waals surface area contributed by atoms with Crippen LogP contribution in [0, 0.1) is 5.41 Å². The van der Waals surface area contributed by atoms with E-state index in [1.54, 1.807) is 11.8 Å². The SMILES string of the molecule is N=C1SCCN1C(CO)c1ccccc1. The number of benzene rings is 1. The zero-order chi connectivity index (χ0) is 10.7. The summed E-state index contributed by atoms with van der Waals surface area (Å²) in [6.45, 7) is 0.913. The van der Waals surface area contributed by atoms with Gasteiger partial charge in [0.05, 0.1) is 12.6 Å². The van der Waals surface area contributed by atoms with Gasteiger partial charge in [-0.15, -0.1) is 0 Å². The number of aliphatic hydroxyl groups excluding tert-OH is 1. The number of hydrogen-bond acceptors (Lipinski definition) is 3. The highest BCUT2D eigenvalue weighted by Gasteiger charge is 2.26. The van der Waals surface area contributed by atoms with Crippen molar-refractivity contribution in [1.29, 1.82) is 5.41 Å². The summed E-state index contributed by atoms with van der Waals surface area (Å²) in [7, 11) is 0. The van der Waals surface area contributed by atoms with Gasteiger partial charge in [0.2, 0.25) is 0 Å². The standard InChI is InChI=1S/C11H14N2OS/c12-11-13(6-7-15-11)10(8-14)9-4-2-1-3-5-9/h1-5,10,12,14H,6-8H2. The summed E-state index contributed by atoms with van der Waals surface area (Å²) in [6, 6.07) is 9.82. The number of hydrogen-bond donors (Lipinski definition) is 2. The molecule has 2 rings (SSSR count). The van der Waals surface area contributed by atoms with Gasteiger partial charge in [-0.05, 0) is 5.56 Å². The van der Waals surface area contributed by atoms with Crippen LogP contribution in [-0.2, 0) is 0 Å². The van der Waals surface area contributed by atoms with E-state index in [1.807, 2.05) is 35.2 Å². The van der Waals surface area contributed by atoms with Crippen molar-refractivity contribution in [2.24, 2.45) is 0 Å². The molecule has 1 aliphatic rings. The number of aliphatic hydroxyl groups is 1. The van der Waals surface area contributed by atoms with Crippen molar-refractivity contribution in [2.45, 2.75) is 6.04 Å². The van der Waals surface area contributed by atoms with Gasteiger partial charge in [-0.2, -0.15) is 0 Å². The molecule has 15 heavy (non-hydrogen) atoms. The normalized spacial score (nSPS) is 18.2. The fraction of sp³-hybridized carbons (Fsp3) is 0.364. The van der Waals surface area contributed by atoms with Crippen molar-refractivity contribution in [3.05, 3.63) is 35.9 Å². The Kier molecular flexibility index (Phi) is 3.28. The summed E-state index contributed by atoms with van der Waals surface area (Å²) < 4.78 is 0. The van der Waals surface area contributed by atoms with Crippen LogP contribution in [0.2, 0.25) is 0 Å². The number of amidine groups is 1. The van der Waals surface area contributed by atoms with Crippen LogP contribution in [0.5, 0.6) is 0 Å². The molecule has 1 aromatic rings. The predicted molar refractivity (Wildman–Crippen MR) is 63.2 cm³/mol. The molecule has 1 aromatic carbocycles. The molecule has 80 valence electrons. The third-order valence-corrected chi connectivity index (χ3v) is 3.46.